The van der Waals surface area contributed by atoms with Gasteiger partial charge in [-0.05, 0) is 43.2 Å². The molecule has 0 bridgehead atoms. The molecule has 0 atom stereocenters. The van der Waals surface area contributed by atoms with Crippen molar-refractivity contribution in [2.45, 2.75) is 23.6 Å². The fraction of sp³-hybridized carbons (Fsp3) is 0.333. The van der Waals surface area contributed by atoms with Gasteiger partial charge in [-0.25, -0.2) is 37.8 Å². The zero-order chi connectivity index (χ0) is 36.1. The minimum atomic E-state index is -3.52. The van der Waals surface area contributed by atoms with E-state index in [2.05, 4.69) is 9.97 Å². The lowest BCUT2D eigenvalue weighted by molar-refractivity contribution is 0.0706. The van der Waals surface area contributed by atoms with Gasteiger partial charge in [-0.15, -0.1) is 0 Å². The number of hydrogen-bond donors (Lipinski definition) is 4. The van der Waals surface area contributed by atoms with Crippen LogP contribution in [0.1, 0.15) is 30.5 Å². The zero-order valence-corrected chi connectivity index (χ0v) is 30.4. The van der Waals surface area contributed by atoms with E-state index in [4.69, 9.17) is 10.4 Å². The fourth-order valence-corrected chi connectivity index (χ4v) is 10.2. The van der Waals surface area contributed by atoms with E-state index >= 15 is 0 Å². The number of sulfonamides is 2. The molecule has 50 heavy (non-hydrogen) atoms. The molecule has 2 aromatic carbocycles. The van der Waals surface area contributed by atoms with Gasteiger partial charge < -0.3 is 9.80 Å². The molecular formula is C30H36N8O8S4. The minimum Gasteiger partial charge on any atom is -0.345 e. The number of carbonyl (C=O) groups is 2. The molecule has 4 aromatic rings. The average molecular weight is 765 g/mol. The Balaban J connectivity index is 0.000000194. The van der Waals surface area contributed by atoms with Crippen molar-refractivity contribution in [3.8, 4) is 0 Å². The molecule has 2 saturated heterocycles. The summed E-state index contributed by atoms with van der Waals surface area (Å²) in [7, 11) is -7.03. The summed E-state index contributed by atoms with van der Waals surface area (Å²) in [6.07, 6.45) is 2.78. The van der Waals surface area contributed by atoms with Crippen LogP contribution in [0.5, 0.6) is 0 Å². The first-order valence-corrected chi connectivity index (χ1v) is 19.8. The Bertz CT molecular complexity index is 2040. The molecule has 2 aromatic heterocycles. The van der Waals surface area contributed by atoms with Crippen LogP contribution in [0.25, 0.3) is 0 Å². The van der Waals surface area contributed by atoms with Crippen molar-refractivity contribution in [3.05, 3.63) is 81.8 Å². The Morgan fingerprint density at radius 3 is 1.62 bits per heavy atom. The van der Waals surface area contributed by atoms with E-state index in [0.717, 1.165) is 33.8 Å². The van der Waals surface area contributed by atoms with Crippen molar-refractivity contribution in [1.29, 1.82) is 0 Å². The Morgan fingerprint density at radius 2 is 1.16 bits per heavy atom. The van der Waals surface area contributed by atoms with Crippen LogP contribution in [0.4, 0.5) is 10.3 Å². The summed E-state index contributed by atoms with van der Waals surface area (Å²) in [5, 5.41) is 18.6. The van der Waals surface area contributed by atoms with E-state index < -0.39 is 31.9 Å². The number of piperazine rings is 2. The van der Waals surface area contributed by atoms with Crippen molar-refractivity contribution in [1.82, 2.24) is 29.5 Å². The molecule has 4 N–H and O–H groups in total. The average Bonchev–Trinajstić information content (AvgIpc) is 3.83. The molecule has 2 fully saturated rings. The molecule has 4 heterocycles. The summed E-state index contributed by atoms with van der Waals surface area (Å²) in [4.78, 5) is 36.2. The normalized spacial score (nSPS) is 16.0. The number of benzene rings is 2. The third-order valence-electron chi connectivity index (χ3n) is 7.99. The molecule has 2 aliphatic rings. The van der Waals surface area contributed by atoms with Crippen LogP contribution >= 0.6 is 22.7 Å². The Kier molecular flexibility index (Phi) is 11.8. The van der Waals surface area contributed by atoms with Gasteiger partial charge in [0.25, 0.3) is 11.8 Å². The molecule has 16 nitrogen and oxygen atoms in total. The van der Waals surface area contributed by atoms with Gasteiger partial charge >= 0.3 is 0 Å². The van der Waals surface area contributed by atoms with Gasteiger partial charge in [0, 0.05) is 52.4 Å². The highest BCUT2D eigenvalue weighted by molar-refractivity contribution is 7.89. The molecule has 0 saturated carbocycles. The van der Waals surface area contributed by atoms with Crippen molar-refractivity contribution in [2.24, 2.45) is 0 Å². The van der Waals surface area contributed by atoms with E-state index in [1.165, 1.54) is 21.0 Å². The minimum absolute atomic E-state index is 0.298. The largest absolute Gasteiger partial charge is 0.345 e. The summed E-state index contributed by atoms with van der Waals surface area (Å²) in [5.41, 5.74) is 4.77. The number of carbonyl (C=O) groups excluding carboxylic acids is 2. The molecule has 0 spiro atoms. The lowest BCUT2D eigenvalue weighted by Gasteiger charge is -2.34. The van der Waals surface area contributed by atoms with Gasteiger partial charge in [-0.1, -0.05) is 53.0 Å². The zero-order valence-electron chi connectivity index (χ0n) is 27.1. The fourth-order valence-electron chi connectivity index (χ4n) is 5.29. The highest BCUT2D eigenvalue weighted by atomic mass is 32.2. The van der Waals surface area contributed by atoms with Crippen LogP contribution in [0.15, 0.2) is 70.7 Å². The van der Waals surface area contributed by atoms with E-state index in [-0.39, 0.29) is 0 Å². The first-order chi connectivity index (χ1) is 23.8. The van der Waals surface area contributed by atoms with Crippen molar-refractivity contribution >= 4 is 64.8 Å². The Morgan fingerprint density at radius 1 is 0.680 bits per heavy atom. The lowest BCUT2D eigenvalue weighted by atomic mass is 10.2. The maximum atomic E-state index is 12.8. The third-order valence-corrected chi connectivity index (χ3v) is 14.1. The van der Waals surface area contributed by atoms with E-state index in [1.807, 2.05) is 28.9 Å². The number of amides is 2. The first-order valence-electron chi connectivity index (χ1n) is 15.3. The monoisotopic (exact) mass is 764 g/mol. The number of thiazole rings is 2. The topological polar surface area (TPSA) is 206 Å². The summed E-state index contributed by atoms with van der Waals surface area (Å²) < 4.78 is 54.0. The summed E-state index contributed by atoms with van der Waals surface area (Å²) in [5.74, 6) is -1.21. The van der Waals surface area contributed by atoms with Crippen molar-refractivity contribution < 1.29 is 36.8 Å². The molecule has 6 rings (SSSR count). The van der Waals surface area contributed by atoms with Crippen LogP contribution in [0.3, 0.4) is 0 Å². The van der Waals surface area contributed by atoms with Gasteiger partial charge in [0.1, 0.15) is 9.75 Å². The SMILES string of the molecule is Cc1cccc(S(=O)(=O)N2CCN(c3ncc(C(=O)NO)s3)CC2)c1.Cc1ccccc1S(=O)(=O)N1CCN(c2ncc(C(=O)NO)s2)CC1. The quantitative estimate of drug-likeness (QED) is 0.151. The second kappa shape index (κ2) is 15.9. The van der Waals surface area contributed by atoms with E-state index in [1.54, 1.807) is 54.3 Å². The summed E-state index contributed by atoms with van der Waals surface area (Å²) >= 11 is 2.31. The second-order valence-electron chi connectivity index (χ2n) is 11.3. The van der Waals surface area contributed by atoms with Crippen LogP contribution in [-0.2, 0) is 20.0 Å². The standard InChI is InChI=1S/2C15H18N4O4S2/c1-11-3-2-4-12(9-11)25(22,23)19-7-5-18(6-8-19)15-16-10-13(24-15)14(20)17-21;1-11-4-2-3-5-13(11)25(22,23)19-8-6-18(7-9-19)15-16-10-12(24-15)14(20)17-21/h2-4,9-10,21H,5-8H2,1H3,(H,17,20);2-5,10,21H,6-9H2,1H3,(H,17,20). The van der Waals surface area contributed by atoms with Gasteiger partial charge in [0.2, 0.25) is 20.0 Å². The van der Waals surface area contributed by atoms with E-state index in [9.17, 15) is 26.4 Å². The molecule has 2 aliphatic heterocycles. The molecule has 0 aliphatic carbocycles. The number of anilines is 2. The Labute approximate surface area is 297 Å². The number of nitrogens with zero attached hydrogens (tertiary/aromatic N) is 6. The maximum absolute atomic E-state index is 12.8. The smallest absolute Gasteiger partial charge is 0.286 e. The van der Waals surface area contributed by atoms with Crippen LogP contribution < -0.4 is 20.8 Å². The lowest BCUT2D eigenvalue weighted by Crippen LogP contribution is -2.48. The summed E-state index contributed by atoms with van der Waals surface area (Å²) in [6.45, 7) is 6.96. The third kappa shape index (κ3) is 8.29. The second-order valence-corrected chi connectivity index (χ2v) is 17.1. The number of hydroxylamine groups is 2. The number of aromatic nitrogens is 2. The molecule has 20 heteroatoms. The highest BCUT2D eigenvalue weighted by Crippen LogP contribution is 2.27. The number of hydrogen-bond acceptors (Lipinski definition) is 14. The number of aryl methyl sites for hydroxylation is 2. The van der Waals surface area contributed by atoms with Crippen LogP contribution in [0, 0.1) is 13.8 Å². The van der Waals surface area contributed by atoms with Crippen LogP contribution in [-0.4, -0.2) is 110 Å². The summed E-state index contributed by atoms with van der Waals surface area (Å²) in [6, 6.07) is 13.8. The molecular weight excluding hydrogens is 729 g/mol. The Hall–Kier alpha value is -4.02. The highest BCUT2D eigenvalue weighted by Gasteiger charge is 2.31. The van der Waals surface area contributed by atoms with Crippen molar-refractivity contribution in [2.75, 3.05) is 62.2 Å². The van der Waals surface area contributed by atoms with Crippen molar-refractivity contribution in [3.63, 3.8) is 0 Å². The van der Waals surface area contributed by atoms with Crippen LogP contribution in [0.2, 0.25) is 0 Å². The molecule has 2 amide bonds. The molecule has 268 valence electrons. The predicted octanol–water partition coefficient (Wildman–Crippen LogP) is 2.16. The van der Waals surface area contributed by atoms with Gasteiger partial charge in [0.15, 0.2) is 10.3 Å². The molecule has 0 unspecified atom stereocenters. The van der Waals surface area contributed by atoms with E-state index in [0.29, 0.717) is 82.2 Å². The predicted molar refractivity (Wildman–Crippen MR) is 187 cm³/mol. The van der Waals surface area contributed by atoms with Gasteiger partial charge in [0.05, 0.1) is 22.2 Å². The first kappa shape index (κ1) is 37.2. The van der Waals surface area contributed by atoms with Gasteiger partial charge in [-0.2, -0.15) is 8.61 Å². The maximum Gasteiger partial charge on any atom is 0.286 e. The number of nitrogens with one attached hydrogen (secondary N) is 2. The number of rotatable bonds is 8. The molecule has 0 radical (unpaired) electrons. The van der Waals surface area contributed by atoms with Gasteiger partial charge in [-0.3, -0.25) is 20.0 Å².